The van der Waals surface area contributed by atoms with Crippen molar-refractivity contribution in [2.45, 2.75) is 32.9 Å². The first-order valence-corrected chi connectivity index (χ1v) is 8.36. The van der Waals surface area contributed by atoms with Crippen molar-refractivity contribution in [3.8, 4) is 11.3 Å². The molecule has 0 aliphatic heterocycles. The van der Waals surface area contributed by atoms with E-state index in [-0.39, 0.29) is 5.54 Å². The van der Waals surface area contributed by atoms with Crippen LogP contribution in [0.3, 0.4) is 0 Å². The van der Waals surface area contributed by atoms with E-state index >= 15 is 0 Å². The zero-order chi connectivity index (χ0) is 17.7. The van der Waals surface area contributed by atoms with Crippen molar-refractivity contribution in [1.29, 1.82) is 0 Å². The molecule has 0 saturated carbocycles. The van der Waals surface area contributed by atoms with E-state index in [0.717, 1.165) is 22.8 Å². The van der Waals surface area contributed by atoms with E-state index < -0.39 is 0 Å². The summed E-state index contributed by atoms with van der Waals surface area (Å²) in [5, 5.41) is 6.70. The molecule has 0 amide bonds. The molecule has 2 aromatic heterocycles. The third-order valence-corrected chi connectivity index (χ3v) is 3.46. The molecule has 0 aliphatic carbocycles. The van der Waals surface area contributed by atoms with Crippen LogP contribution >= 0.6 is 0 Å². The van der Waals surface area contributed by atoms with Crippen LogP contribution in [0.25, 0.3) is 11.3 Å². The van der Waals surface area contributed by atoms with Crippen LogP contribution in [0.1, 0.15) is 26.5 Å². The van der Waals surface area contributed by atoms with E-state index in [1.54, 1.807) is 6.20 Å². The van der Waals surface area contributed by atoms with Crippen molar-refractivity contribution in [3.05, 3.63) is 66.5 Å². The van der Waals surface area contributed by atoms with Crippen molar-refractivity contribution in [1.82, 2.24) is 15.0 Å². The maximum absolute atomic E-state index is 4.67. The third kappa shape index (κ3) is 5.01. The standard InChI is InChI=1S/C20H23N5/c1-20(2,3)25-19-23-17(15-9-5-4-6-10-15)13-18(24-19)22-14-16-11-7-8-12-21-16/h4-13H,14H2,1-3H3,(H2,22,23,24,25). The van der Waals surface area contributed by atoms with Crippen LogP contribution < -0.4 is 10.6 Å². The summed E-state index contributed by atoms with van der Waals surface area (Å²) >= 11 is 0. The van der Waals surface area contributed by atoms with Gasteiger partial charge in [0.05, 0.1) is 17.9 Å². The number of rotatable bonds is 5. The van der Waals surface area contributed by atoms with Gasteiger partial charge in [0, 0.05) is 23.4 Å². The molecule has 0 saturated heterocycles. The Morgan fingerprint density at radius 2 is 1.68 bits per heavy atom. The van der Waals surface area contributed by atoms with Gasteiger partial charge in [-0.2, -0.15) is 4.98 Å². The predicted octanol–water partition coefficient (Wildman–Crippen LogP) is 4.36. The normalized spacial score (nSPS) is 11.2. The fourth-order valence-electron chi connectivity index (χ4n) is 2.37. The molecule has 0 fully saturated rings. The van der Waals surface area contributed by atoms with Crippen LogP contribution in [-0.4, -0.2) is 20.5 Å². The largest absolute Gasteiger partial charge is 0.364 e. The first kappa shape index (κ1) is 16.9. The average Bonchev–Trinajstić information content (AvgIpc) is 2.60. The molecule has 0 bridgehead atoms. The topological polar surface area (TPSA) is 62.7 Å². The summed E-state index contributed by atoms with van der Waals surface area (Å²) < 4.78 is 0. The van der Waals surface area contributed by atoms with Crippen LogP contribution in [-0.2, 0) is 6.54 Å². The summed E-state index contributed by atoms with van der Waals surface area (Å²) in [4.78, 5) is 13.6. The van der Waals surface area contributed by atoms with Crippen LogP contribution in [0.2, 0.25) is 0 Å². The van der Waals surface area contributed by atoms with E-state index in [2.05, 4.69) is 46.4 Å². The van der Waals surface area contributed by atoms with Gasteiger partial charge in [-0.1, -0.05) is 36.4 Å². The lowest BCUT2D eigenvalue weighted by Crippen LogP contribution is -2.27. The Morgan fingerprint density at radius 3 is 2.36 bits per heavy atom. The van der Waals surface area contributed by atoms with Crippen molar-refractivity contribution >= 4 is 11.8 Å². The van der Waals surface area contributed by atoms with Gasteiger partial charge in [-0.15, -0.1) is 0 Å². The minimum Gasteiger partial charge on any atom is -0.364 e. The second kappa shape index (κ2) is 7.30. The molecule has 1 aromatic carbocycles. The number of pyridine rings is 1. The van der Waals surface area contributed by atoms with Crippen LogP contribution in [0.4, 0.5) is 11.8 Å². The van der Waals surface area contributed by atoms with E-state index in [4.69, 9.17) is 0 Å². The molecule has 0 atom stereocenters. The second-order valence-electron chi connectivity index (χ2n) is 6.88. The Hall–Kier alpha value is -2.95. The molecule has 0 spiro atoms. The van der Waals surface area contributed by atoms with Gasteiger partial charge in [-0.3, -0.25) is 4.98 Å². The third-order valence-electron chi connectivity index (χ3n) is 3.46. The Morgan fingerprint density at radius 1 is 0.920 bits per heavy atom. The number of anilines is 2. The molecule has 3 rings (SSSR count). The van der Waals surface area contributed by atoms with Crippen molar-refractivity contribution in [3.63, 3.8) is 0 Å². The zero-order valence-electron chi connectivity index (χ0n) is 14.8. The van der Waals surface area contributed by atoms with Gasteiger partial charge in [-0.05, 0) is 32.9 Å². The quantitative estimate of drug-likeness (QED) is 0.726. The van der Waals surface area contributed by atoms with Crippen molar-refractivity contribution < 1.29 is 0 Å². The Labute approximate surface area is 148 Å². The SMILES string of the molecule is CC(C)(C)Nc1nc(NCc2ccccn2)cc(-c2ccccc2)n1. The van der Waals surface area contributed by atoms with Gasteiger partial charge in [0.1, 0.15) is 5.82 Å². The monoisotopic (exact) mass is 333 g/mol. The van der Waals surface area contributed by atoms with E-state index in [9.17, 15) is 0 Å². The fourth-order valence-corrected chi connectivity index (χ4v) is 2.37. The molecular formula is C20H23N5. The van der Waals surface area contributed by atoms with Crippen LogP contribution in [0.15, 0.2) is 60.8 Å². The van der Waals surface area contributed by atoms with Crippen LogP contribution in [0, 0.1) is 0 Å². The first-order valence-electron chi connectivity index (χ1n) is 8.36. The van der Waals surface area contributed by atoms with Crippen molar-refractivity contribution in [2.75, 3.05) is 10.6 Å². The van der Waals surface area contributed by atoms with Gasteiger partial charge in [0.15, 0.2) is 0 Å². The summed E-state index contributed by atoms with van der Waals surface area (Å²) in [5.41, 5.74) is 2.79. The Bertz CT molecular complexity index is 810. The summed E-state index contributed by atoms with van der Waals surface area (Å²) in [5.74, 6) is 1.38. The highest BCUT2D eigenvalue weighted by Crippen LogP contribution is 2.23. The molecular weight excluding hydrogens is 310 g/mol. The summed E-state index contributed by atoms with van der Waals surface area (Å²) in [6, 6.07) is 18.0. The molecule has 2 N–H and O–H groups in total. The second-order valence-corrected chi connectivity index (χ2v) is 6.88. The molecule has 0 aliphatic rings. The number of hydrogen-bond donors (Lipinski definition) is 2. The lowest BCUT2D eigenvalue weighted by Gasteiger charge is -2.21. The smallest absolute Gasteiger partial charge is 0.225 e. The van der Waals surface area contributed by atoms with Crippen molar-refractivity contribution in [2.24, 2.45) is 0 Å². The maximum atomic E-state index is 4.67. The molecule has 5 heteroatoms. The molecule has 5 nitrogen and oxygen atoms in total. The minimum atomic E-state index is -0.117. The number of aromatic nitrogens is 3. The van der Waals surface area contributed by atoms with Gasteiger partial charge in [0.25, 0.3) is 0 Å². The highest BCUT2D eigenvalue weighted by atomic mass is 15.2. The number of benzene rings is 1. The van der Waals surface area contributed by atoms with Gasteiger partial charge in [0.2, 0.25) is 5.95 Å². The Balaban J connectivity index is 1.89. The summed E-state index contributed by atoms with van der Waals surface area (Å²) in [6.45, 7) is 6.88. The van der Waals surface area contributed by atoms with E-state index in [1.165, 1.54) is 0 Å². The predicted molar refractivity (Wildman–Crippen MR) is 102 cm³/mol. The molecule has 0 unspecified atom stereocenters. The van der Waals surface area contributed by atoms with Gasteiger partial charge < -0.3 is 10.6 Å². The fraction of sp³-hybridized carbons (Fsp3) is 0.250. The van der Waals surface area contributed by atoms with Gasteiger partial charge in [-0.25, -0.2) is 4.98 Å². The van der Waals surface area contributed by atoms with Crippen LogP contribution in [0.5, 0.6) is 0 Å². The average molecular weight is 333 g/mol. The van der Waals surface area contributed by atoms with Gasteiger partial charge >= 0.3 is 0 Å². The van der Waals surface area contributed by atoms with E-state index in [0.29, 0.717) is 12.5 Å². The molecule has 25 heavy (non-hydrogen) atoms. The number of nitrogens with zero attached hydrogens (tertiary/aromatic N) is 3. The molecule has 128 valence electrons. The maximum Gasteiger partial charge on any atom is 0.225 e. The zero-order valence-corrected chi connectivity index (χ0v) is 14.8. The molecule has 2 heterocycles. The highest BCUT2D eigenvalue weighted by Gasteiger charge is 2.13. The lowest BCUT2D eigenvalue weighted by atomic mass is 10.1. The number of nitrogens with one attached hydrogen (secondary N) is 2. The number of hydrogen-bond acceptors (Lipinski definition) is 5. The summed E-state index contributed by atoms with van der Waals surface area (Å²) in [6.07, 6.45) is 1.79. The minimum absolute atomic E-state index is 0.117. The molecule has 3 aromatic rings. The lowest BCUT2D eigenvalue weighted by molar-refractivity contribution is 0.626. The Kier molecular flexibility index (Phi) is 4.93. The molecule has 0 radical (unpaired) electrons. The van der Waals surface area contributed by atoms with E-state index in [1.807, 2.05) is 54.6 Å². The summed E-state index contributed by atoms with van der Waals surface area (Å²) in [7, 11) is 0. The first-order chi connectivity index (χ1) is 12.0. The highest BCUT2D eigenvalue weighted by molar-refractivity contribution is 5.64.